The number of hydrogen-bond donors (Lipinski definition) is 1. The Balaban J connectivity index is 2.01. The first-order valence-corrected chi connectivity index (χ1v) is 7.96. The molecule has 2 N–H and O–H groups in total. The number of esters is 1. The van der Waals surface area contributed by atoms with E-state index >= 15 is 0 Å². The predicted octanol–water partition coefficient (Wildman–Crippen LogP) is 2.46. The van der Waals surface area contributed by atoms with Crippen LogP contribution in [0.15, 0.2) is 12.4 Å². The number of aromatic nitrogens is 2. The molecule has 1 aliphatic rings. The molecule has 21 heavy (non-hydrogen) atoms. The fraction of sp³-hybridized carbons (Fsp3) is 0.750. The Morgan fingerprint density at radius 3 is 3.05 bits per heavy atom. The quantitative estimate of drug-likeness (QED) is 0.818. The Kier molecular flexibility index (Phi) is 5.04. The van der Waals surface area contributed by atoms with Crippen LogP contribution in [-0.4, -0.2) is 27.7 Å². The summed E-state index contributed by atoms with van der Waals surface area (Å²) in [5.41, 5.74) is 5.57. The van der Waals surface area contributed by atoms with Crippen molar-refractivity contribution in [1.82, 2.24) is 9.55 Å². The zero-order valence-corrected chi connectivity index (χ0v) is 13.3. The van der Waals surface area contributed by atoms with E-state index in [1.54, 1.807) is 0 Å². The second kappa shape index (κ2) is 6.60. The highest BCUT2D eigenvalue weighted by Crippen LogP contribution is 2.37. The van der Waals surface area contributed by atoms with Crippen LogP contribution in [0.25, 0.3) is 0 Å². The SMILES string of the molecule is CCOC(=O)C1(N)CCCC1CCn1ccnc1C(C)C. The number of hydrogen-bond acceptors (Lipinski definition) is 4. The molecule has 2 atom stereocenters. The van der Waals surface area contributed by atoms with Gasteiger partial charge in [-0.2, -0.15) is 0 Å². The van der Waals surface area contributed by atoms with Gasteiger partial charge < -0.3 is 15.0 Å². The van der Waals surface area contributed by atoms with Crippen molar-refractivity contribution >= 4 is 5.97 Å². The number of nitrogens with zero attached hydrogens (tertiary/aromatic N) is 2. The molecule has 0 amide bonds. The lowest BCUT2D eigenvalue weighted by Crippen LogP contribution is -2.52. The first-order valence-electron chi connectivity index (χ1n) is 7.96. The van der Waals surface area contributed by atoms with Crippen molar-refractivity contribution in [2.75, 3.05) is 6.61 Å². The third kappa shape index (κ3) is 3.28. The lowest BCUT2D eigenvalue weighted by atomic mass is 9.85. The van der Waals surface area contributed by atoms with E-state index in [9.17, 15) is 4.79 Å². The van der Waals surface area contributed by atoms with Gasteiger partial charge in [-0.3, -0.25) is 4.79 Å². The smallest absolute Gasteiger partial charge is 0.326 e. The topological polar surface area (TPSA) is 70.1 Å². The lowest BCUT2D eigenvalue weighted by molar-refractivity contribution is -0.151. The Bertz CT molecular complexity index is 484. The highest BCUT2D eigenvalue weighted by molar-refractivity contribution is 5.81. The molecule has 0 radical (unpaired) electrons. The van der Waals surface area contributed by atoms with Gasteiger partial charge in [0.2, 0.25) is 0 Å². The molecule has 1 fully saturated rings. The van der Waals surface area contributed by atoms with Crippen LogP contribution in [0.2, 0.25) is 0 Å². The molecule has 0 aromatic carbocycles. The van der Waals surface area contributed by atoms with Gasteiger partial charge in [0.25, 0.3) is 0 Å². The second-order valence-electron chi connectivity index (χ2n) is 6.27. The Morgan fingerprint density at radius 2 is 2.38 bits per heavy atom. The number of carbonyl (C=O) groups excluding carboxylic acids is 1. The summed E-state index contributed by atoms with van der Waals surface area (Å²) in [7, 11) is 0. The van der Waals surface area contributed by atoms with E-state index in [1.165, 1.54) is 0 Å². The molecular formula is C16H27N3O2. The number of rotatable bonds is 6. The molecule has 1 saturated carbocycles. The third-order valence-electron chi connectivity index (χ3n) is 4.51. The van der Waals surface area contributed by atoms with Crippen LogP contribution in [0.3, 0.4) is 0 Å². The average Bonchev–Trinajstić information content (AvgIpc) is 3.04. The zero-order valence-electron chi connectivity index (χ0n) is 13.3. The molecule has 1 aliphatic carbocycles. The standard InChI is InChI=1S/C16H27N3O2/c1-4-21-15(20)16(17)8-5-6-13(16)7-10-19-11-9-18-14(19)12(2)3/h9,11-13H,4-8,10,17H2,1-3H3. The maximum absolute atomic E-state index is 12.1. The molecule has 2 rings (SSSR count). The molecule has 1 aromatic rings. The first-order chi connectivity index (χ1) is 9.99. The molecule has 0 spiro atoms. The van der Waals surface area contributed by atoms with Gasteiger partial charge in [0.05, 0.1) is 6.61 Å². The van der Waals surface area contributed by atoms with Gasteiger partial charge in [-0.1, -0.05) is 20.3 Å². The van der Waals surface area contributed by atoms with Crippen LogP contribution in [-0.2, 0) is 16.1 Å². The lowest BCUT2D eigenvalue weighted by Gasteiger charge is -2.29. The largest absolute Gasteiger partial charge is 0.465 e. The van der Waals surface area contributed by atoms with Gasteiger partial charge in [0.15, 0.2) is 0 Å². The monoisotopic (exact) mass is 293 g/mol. The van der Waals surface area contributed by atoms with E-state index in [4.69, 9.17) is 10.5 Å². The number of nitrogens with two attached hydrogens (primary N) is 1. The van der Waals surface area contributed by atoms with E-state index in [-0.39, 0.29) is 11.9 Å². The minimum Gasteiger partial charge on any atom is -0.465 e. The molecule has 5 heteroatoms. The van der Waals surface area contributed by atoms with E-state index in [0.29, 0.717) is 12.5 Å². The van der Waals surface area contributed by atoms with Crippen LogP contribution in [0.4, 0.5) is 0 Å². The summed E-state index contributed by atoms with van der Waals surface area (Å²) in [4.78, 5) is 16.5. The molecule has 1 heterocycles. The first kappa shape index (κ1) is 16.0. The van der Waals surface area contributed by atoms with E-state index in [1.807, 2.05) is 19.3 Å². The molecular weight excluding hydrogens is 266 g/mol. The van der Waals surface area contributed by atoms with E-state index in [0.717, 1.165) is 38.1 Å². The van der Waals surface area contributed by atoms with E-state index in [2.05, 4.69) is 23.4 Å². The van der Waals surface area contributed by atoms with Crippen molar-refractivity contribution in [1.29, 1.82) is 0 Å². The molecule has 118 valence electrons. The van der Waals surface area contributed by atoms with Crippen LogP contribution in [0.1, 0.15) is 58.2 Å². The minimum atomic E-state index is -0.797. The van der Waals surface area contributed by atoms with Crippen molar-refractivity contribution in [3.63, 3.8) is 0 Å². The average molecular weight is 293 g/mol. The third-order valence-corrected chi connectivity index (χ3v) is 4.51. The Labute approximate surface area is 126 Å². The normalized spacial score (nSPS) is 25.5. The van der Waals surface area contributed by atoms with Crippen LogP contribution >= 0.6 is 0 Å². The fourth-order valence-electron chi connectivity index (χ4n) is 3.34. The van der Waals surface area contributed by atoms with Gasteiger partial charge >= 0.3 is 5.97 Å². The molecule has 0 saturated heterocycles. The van der Waals surface area contributed by atoms with Crippen LogP contribution in [0, 0.1) is 5.92 Å². The summed E-state index contributed by atoms with van der Waals surface area (Å²) in [6.07, 6.45) is 7.47. The van der Waals surface area contributed by atoms with Crippen molar-refractivity contribution < 1.29 is 9.53 Å². The van der Waals surface area contributed by atoms with Crippen molar-refractivity contribution in [3.05, 3.63) is 18.2 Å². The summed E-state index contributed by atoms with van der Waals surface area (Å²) in [6.45, 7) is 7.35. The van der Waals surface area contributed by atoms with Crippen molar-refractivity contribution in [2.24, 2.45) is 11.7 Å². The van der Waals surface area contributed by atoms with Gasteiger partial charge in [-0.05, 0) is 32.1 Å². The molecule has 1 aromatic heterocycles. The number of imidazole rings is 1. The number of aryl methyl sites for hydroxylation is 1. The molecule has 2 unspecified atom stereocenters. The molecule has 0 aliphatic heterocycles. The highest BCUT2D eigenvalue weighted by atomic mass is 16.5. The van der Waals surface area contributed by atoms with Gasteiger partial charge in [0.1, 0.15) is 11.4 Å². The van der Waals surface area contributed by atoms with Gasteiger partial charge in [-0.15, -0.1) is 0 Å². The Hall–Kier alpha value is -1.36. The van der Waals surface area contributed by atoms with Gasteiger partial charge in [-0.25, -0.2) is 4.98 Å². The van der Waals surface area contributed by atoms with E-state index < -0.39 is 5.54 Å². The Morgan fingerprint density at radius 1 is 1.62 bits per heavy atom. The number of ether oxygens (including phenoxy) is 1. The summed E-state index contributed by atoms with van der Waals surface area (Å²) in [5, 5.41) is 0. The maximum Gasteiger partial charge on any atom is 0.326 e. The summed E-state index contributed by atoms with van der Waals surface area (Å²) in [5.74, 6) is 1.45. The predicted molar refractivity (Wildman–Crippen MR) is 81.8 cm³/mol. The minimum absolute atomic E-state index is 0.193. The summed E-state index contributed by atoms with van der Waals surface area (Å²) < 4.78 is 7.35. The second-order valence-corrected chi connectivity index (χ2v) is 6.27. The molecule has 0 bridgehead atoms. The van der Waals surface area contributed by atoms with Crippen molar-refractivity contribution in [2.45, 2.75) is 64.5 Å². The van der Waals surface area contributed by atoms with Crippen LogP contribution in [0.5, 0.6) is 0 Å². The number of carbonyl (C=O) groups is 1. The fourth-order valence-corrected chi connectivity index (χ4v) is 3.34. The molecule has 5 nitrogen and oxygen atoms in total. The van der Waals surface area contributed by atoms with Gasteiger partial charge in [0, 0.05) is 24.9 Å². The zero-order chi connectivity index (χ0) is 15.5. The van der Waals surface area contributed by atoms with Crippen LogP contribution < -0.4 is 5.73 Å². The highest BCUT2D eigenvalue weighted by Gasteiger charge is 2.46. The summed E-state index contributed by atoms with van der Waals surface area (Å²) in [6, 6.07) is 0. The van der Waals surface area contributed by atoms with Crippen molar-refractivity contribution in [3.8, 4) is 0 Å². The summed E-state index contributed by atoms with van der Waals surface area (Å²) >= 11 is 0. The maximum atomic E-state index is 12.1.